The Balaban J connectivity index is 1.41. The third kappa shape index (κ3) is 1.60. The summed E-state index contributed by atoms with van der Waals surface area (Å²) in [5.41, 5.74) is 0.202. The second-order valence-electron chi connectivity index (χ2n) is 6.96. The predicted molar refractivity (Wildman–Crippen MR) is 65.6 cm³/mol. The Morgan fingerprint density at radius 1 is 1.06 bits per heavy atom. The molecule has 1 spiro atoms. The molecule has 0 aromatic rings. The van der Waals surface area contributed by atoms with Gasteiger partial charge in [0.2, 0.25) is 0 Å². The quantitative estimate of drug-likeness (QED) is 0.799. The predicted octanol–water partition coefficient (Wildman–Crippen LogP) is 2.74. The molecule has 1 heterocycles. The number of hydrogen-bond donors (Lipinski definition) is 1. The number of ether oxygens (including phenoxy) is 1. The van der Waals surface area contributed by atoms with Crippen molar-refractivity contribution in [2.45, 2.75) is 63.1 Å². The molecule has 4 aliphatic rings. The van der Waals surface area contributed by atoms with Gasteiger partial charge in [-0.05, 0) is 68.6 Å². The molecule has 0 radical (unpaired) electrons. The Hall–Kier alpha value is -0.0800. The van der Waals surface area contributed by atoms with E-state index in [2.05, 4.69) is 0 Å². The van der Waals surface area contributed by atoms with Crippen molar-refractivity contribution in [2.24, 2.45) is 23.7 Å². The summed E-state index contributed by atoms with van der Waals surface area (Å²) in [6.07, 6.45) is 10.2. The van der Waals surface area contributed by atoms with Crippen LogP contribution >= 0.6 is 0 Å². The van der Waals surface area contributed by atoms with Crippen LogP contribution in [0, 0.1) is 23.7 Å². The highest BCUT2D eigenvalue weighted by atomic mass is 16.5. The maximum Gasteiger partial charge on any atom is 0.0686 e. The number of fused-ring (bicyclic) bond motifs is 1. The Labute approximate surface area is 104 Å². The van der Waals surface area contributed by atoms with Crippen LogP contribution in [-0.4, -0.2) is 23.4 Å². The molecule has 17 heavy (non-hydrogen) atoms. The van der Waals surface area contributed by atoms with Crippen molar-refractivity contribution in [3.8, 4) is 0 Å². The first-order valence-corrected chi connectivity index (χ1v) is 7.61. The molecule has 0 amide bonds. The largest absolute Gasteiger partial charge is 0.393 e. The minimum absolute atomic E-state index is 0.00771. The van der Waals surface area contributed by atoms with Crippen molar-refractivity contribution < 1.29 is 9.84 Å². The van der Waals surface area contributed by atoms with Crippen LogP contribution in [0.3, 0.4) is 0 Å². The van der Waals surface area contributed by atoms with Gasteiger partial charge in [-0.25, -0.2) is 0 Å². The van der Waals surface area contributed by atoms with Gasteiger partial charge in [0.05, 0.1) is 11.7 Å². The normalized spacial score (nSPS) is 48.5. The molecule has 3 saturated carbocycles. The fraction of sp³-hybridized carbons (Fsp3) is 1.00. The van der Waals surface area contributed by atoms with Crippen LogP contribution in [-0.2, 0) is 4.74 Å². The molecule has 2 heteroatoms. The molecule has 0 aromatic heterocycles. The zero-order valence-electron chi connectivity index (χ0n) is 10.6. The van der Waals surface area contributed by atoms with Gasteiger partial charge in [-0.15, -0.1) is 0 Å². The first-order valence-electron chi connectivity index (χ1n) is 7.61. The molecule has 4 rings (SSSR count). The van der Waals surface area contributed by atoms with Gasteiger partial charge in [-0.1, -0.05) is 6.42 Å². The van der Waals surface area contributed by atoms with E-state index in [0.717, 1.165) is 31.3 Å². The lowest BCUT2D eigenvalue weighted by Gasteiger charge is -2.48. The lowest BCUT2D eigenvalue weighted by atomic mass is 9.70. The minimum Gasteiger partial charge on any atom is -0.393 e. The Bertz CT molecular complexity index is 300. The molecule has 4 fully saturated rings. The Morgan fingerprint density at radius 2 is 1.82 bits per heavy atom. The molecular weight excluding hydrogens is 212 g/mol. The molecule has 1 saturated heterocycles. The van der Waals surface area contributed by atoms with E-state index in [1.165, 1.54) is 38.5 Å². The molecule has 3 aliphatic carbocycles. The van der Waals surface area contributed by atoms with Crippen LogP contribution in [0.4, 0.5) is 0 Å². The SMILES string of the molecule is OC(C1CCOC2(CCC2)C1)C1C2CCCC21. The van der Waals surface area contributed by atoms with E-state index in [9.17, 15) is 5.11 Å². The molecule has 0 aromatic carbocycles. The van der Waals surface area contributed by atoms with E-state index >= 15 is 0 Å². The highest BCUT2D eigenvalue weighted by molar-refractivity contribution is 5.07. The van der Waals surface area contributed by atoms with Gasteiger partial charge < -0.3 is 9.84 Å². The van der Waals surface area contributed by atoms with Crippen LogP contribution in [0.2, 0.25) is 0 Å². The summed E-state index contributed by atoms with van der Waals surface area (Å²) < 4.78 is 5.96. The number of rotatable bonds is 2. The van der Waals surface area contributed by atoms with E-state index in [1.54, 1.807) is 0 Å². The average Bonchev–Trinajstić information content (AvgIpc) is 2.79. The zero-order valence-corrected chi connectivity index (χ0v) is 10.6. The minimum atomic E-state index is -0.00771. The number of hydrogen-bond acceptors (Lipinski definition) is 2. The van der Waals surface area contributed by atoms with E-state index in [-0.39, 0.29) is 11.7 Å². The van der Waals surface area contributed by atoms with Crippen molar-refractivity contribution in [1.29, 1.82) is 0 Å². The third-order valence-electron chi connectivity index (χ3n) is 6.15. The fourth-order valence-corrected chi connectivity index (χ4v) is 4.97. The molecule has 0 bridgehead atoms. The summed E-state index contributed by atoms with van der Waals surface area (Å²) >= 11 is 0. The van der Waals surface area contributed by atoms with Crippen molar-refractivity contribution in [2.75, 3.05) is 6.61 Å². The number of aliphatic hydroxyl groups excluding tert-OH is 1. The second-order valence-corrected chi connectivity index (χ2v) is 6.96. The van der Waals surface area contributed by atoms with Gasteiger partial charge in [0.25, 0.3) is 0 Å². The van der Waals surface area contributed by atoms with Crippen molar-refractivity contribution in [3.05, 3.63) is 0 Å². The first kappa shape index (κ1) is 10.8. The van der Waals surface area contributed by atoms with Gasteiger partial charge in [-0.2, -0.15) is 0 Å². The van der Waals surface area contributed by atoms with Crippen molar-refractivity contribution >= 4 is 0 Å². The van der Waals surface area contributed by atoms with Crippen LogP contribution < -0.4 is 0 Å². The van der Waals surface area contributed by atoms with Crippen molar-refractivity contribution in [1.82, 2.24) is 0 Å². The lowest BCUT2D eigenvalue weighted by Crippen LogP contribution is -2.48. The van der Waals surface area contributed by atoms with Crippen LogP contribution in [0.1, 0.15) is 51.4 Å². The molecule has 1 N–H and O–H groups in total. The summed E-state index contributed by atoms with van der Waals surface area (Å²) in [4.78, 5) is 0. The number of aliphatic hydroxyl groups is 1. The average molecular weight is 236 g/mol. The highest BCUT2D eigenvalue weighted by Crippen LogP contribution is 2.61. The zero-order chi connectivity index (χ0) is 11.5. The highest BCUT2D eigenvalue weighted by Gasteiger charge is 2.58. The Kier molecular flexibility index (Phi) is 2.36. The smallest absolute Gasteiger partial charge is 0.0686 e. The van der Waals surface area contributed by atoms with Gasteiger partial charge in [0.15, 0.2) is 0 Å². The standard InChI is InChI=1S/C15H24O2/c16-14(13-11-3-1-4-12(11)13)10-5-8-17-15(9-10)6-2-7-15/h10-14,16H,1-9H2. The molecule has 96 valence electrons. The van der Waals surface area contributed by atoms with Crippen molar-refractivity contribution in [3.63, 3.8) is 0 Å². The van der Waals surface area contributed by atoms with E-state index in [0.29, 0.717) is 11.8 Å². The maximum atomic E-state index is 10.6. The van der Waals surface area contributed by atoms with E-state index in [4.69, 9.17) is 4.74 Å². The summed E-state index contributed by atoms with van der Waals surface area (Å²) in [5.74, 6) is 3.00. The summed E-state index contributed by atoms with van der Waals surface area (Å²) in [6, 6.07) is 0. The van der Waals surface area contributed by atoms with Crippen LogP contribution in [0.5, 0.6) is 0 Å². The van der Waals surface area contributed by atoms with Gasteiger partial charge in [0, 0.05) is 6.61 Å². The molecule has 1 aliphatic heterocycles. The van der Waals surface area contributed by atoms with Crippen LogP contribution in [0.25, 0.3) is 0 Å². The summed E-state index contributed by atoms with van der Waals surface area (Å²) in [5, 5.41) is 10.6. The maximum absolute atomic E-state index is 10.6. The molecule has 4 unspecified atom stereocenters. The fourth-order valence-electron chi connectivity index (χ4n) is 4.97. The van der Waals surface area contributed by atoms with Gasteiger partial charge >= 0.3 is 0 Å². The van der Waals surface area contributed by atoms with Gasteiger partial charge in [0.1, 0.15) is 0 Å². The molecule has 4 atom stereocenters. The van der Waals surface area contributed by atoms with Gasteiger partial charge in [-0.3, -0.25) is 0 Å². The Morgan fingerprint density at radius 3 is 2.47 bits per heavy atom. The monoisotopic (exact) mass is 236 g/mol. The first-order chi connectivity index (χ1) is 8.29. The topological polar surface area (TPSA) is 29.5 Å². The van der Waals surface area contributed by atoms with E-state index < -0.39 is 0 Å². The lowest BCUT2D eigenvalue weighted by molar-refractivity contribution is -0.159. The van der Waals surface area contributed by atoms with Crippen LogP contribution in [0.15, 0.2) is 0 Å². The molecular formula is C15H24O2. The van der Waals surface area contributed by atoms with E-state index in [1.807, 2.05) is 0 Å². The molecule has 2 nitrogen and oxygen atoms in total. The summed E-state index contributed by atoms with van der Waals surface area (Å²) in [7, 11) is 0. The second kappa shape index (κ2) is 3.71. The third-order valence-corrected chi connectivity index (χ3v) is 6.15. The summed E-state index contributed by atoms with van der Waals surface area (Å²) in [6.45, 7) is 0.893.